The Morgan fingerprint density at radius 2 is 2.00 bits per heavy atom. The molecule has 110 valence electrons. The number of halogens is 1. The Hall–Kier alpha value is -2.01. The van der Waals surface area contributed by atoms with E-state index >= 15 is 0 Å². The maximum Gasteiger partial charge on any atom is 0.166 e. The number of hydrogen-bond donors (Lipinski definition) is 2. The van der Waals surface area contributed by atoms with Gasteiger partial charge in [-0.15, -0.1) is 0 Å². The van der Waals surface area contributed by atoms with E-state index in [1.165, 1.54) is 13.3 Å². The van der Waals surface area contributed by atoms with E-state index in [2.05, 4.69) is 20.9 Å². The van der Waals surface area contributed by atoms with Crippen molar-refractivity contribution in [3.05, 3.63) is 45.9 Å². The third-order valence-electron chi connectivity index (χ3n) is 3.08. The normalized spacial score (nSPS) is 11.0. The molecule has 2 aromatic carbocycles. The summed E-state index contributed by atoms with van der Waals surface area (Å²) in [6.45, 7) is 2.02. The maximum absolute atomic E-state index is 10.0. The van der Waals surface area contributed by atoms with E-state index in [-0.39, 0.29) is 11.5 Å². The highest BCUT2D eigenvalue weighted by Gasteiger charge is 2.08. The molecule has 0 bridgehead atoms. The fourth-order valence-electron chi connectivity index (χ4n) is 1.89. The zero-order valence-electron chi connectivity index (χ0n) is 11.8. The van der Waals surface area contributed by atoms with Gasteiger partial charge in [0, 0.05) is 16.3 Å². The molecule has 0 spiro atoms. The van der Waals surface area contributed by atoms with Gasteiger partial charge in [0.2, 0.25) is 0 Å². The van der Waals surface area contributed by atoms with Crippen LogP contribution in [0.4, 0.5) is 5.69 Å². The number of benzene rings is 2. The second kappa shape index (κ2) is 6.63. The minimum atomic E-state index is 0.00844. The first kappa shape index (κ1) is 15.4. The monoisotopic (exact) mass is 349 g/mol. The first-order valence-electron chi connectivity index (χ1n) is 6.47. The SMILES string of the molecule is CCc1ccc(N=Cc2cc(Br)cc(OC)c2O)c(O)c1. The van der Waals surface area contributed by atoms with Crippen molar-refractivity contribution in [3.63, 3.8) is 0 Å². The summed E-state index contributed by atoms with van der Waals surface area (Å²) in [6.07, 6.45) is 2.34. The summed E-state index contributed by atoms with van der Waals surface area (Å²) >= 11 is 3.35. The van der Waals surface area contributed by atoms with Gasteiger partial charge in [-0.1, -0.05) is 28.9 Å². The summed E-state index contributed by atoms with van der Waals surface area (Å²) in [7, 11) is 1.48. The van der Waals surface area contributed by atoms with E-state index in [1.54, 1.807) is 24.3 Å². The number of ether oxygens (including phenoxy) is 1. The molecule has 0 aliphatic rings. The molecule has 4 nitrogen and oxygen atoms in total. The molecule has 5 heteroatoms. The van der Waals surface area contributed by atoms with Gasteiger partial charge in [0.15, 0.2) is 11.5 Å². The van der Waals surface area contributed by atoms with Crippen molar-refractivity contribution in [2.75, 3.05) is 7.11 Å². The van der Waals surface area contributed by atoms with Crippen molar-refractivity contribution in [1.29, 1.82) is 0 Å². The van der Waals surface area contributed by atoms with Gasteiger partial charge < -0.3 is 14.9 Å². The standard InChI is InChI=1S/C16H16BrNO3/c1-3-10-4-5-13(14(19)6-10)18-9-11-7-12(17)8-15(21-2)16(11)20/h4-9,19-20H,3H2,1-2H3. The smallest absolute Gasteiger partial charge is 0.166 e. The van der Waals surface area contributed by atoms with E-state index in [9.17, 15) is 10.2 Å². The molecule has 2 rings (SSSR count). The van der Waals surface area contributed by atoms with Crippen LogP contribution in [0.3, 0.4) is 0 Å². The van der Waals surface area contributed by atoms with Crippen LogP contribution in [0.1, 0.15) is 18.1 Å². The fourth-order valence-corrected chi connectivity index (χ4v) is 2.34. The average Bonchev–Trinajstić information content (AvgIpc) is 2.48. The lowest BCUT2D eigenvalue weighted by molar-refractivity contribution is 0.373. The van der Waals surface area contributed by atoms with Gasteiger partial charge in [0.25, 0.3) is 0 Å². The molecule has 2 aromatic rings. The van der Waals surface area contributed by atoms with Crippen LogP contribution in [0.5, 0.6) is 17.2 Å². The molecular formula is C16H16BrNO3. The molecule has 2 N–H and O–H groups in total. The van der Waals surface area contributed by atoms with Crippen molar-refractivity contribution in [1.82, 2.24) is 0 Å². The molecule has 0 heterocycles. The quantitative estimate of drug-likeness (QED) is 0.813. The number of aromatic hydroxyl groups is 2. The molecule has 0 atom stereocenters. The Kier molecular flexibility index (Phi) is 4.85. The second-order valence-electron chi connectivity index (χ2n) is 4.48. The Labute approximate surface area is 131 Å². The zero-order valence-corrected chi connectivity index (χ0v) is 13.4. The summed E-state index contributed by atoms with van der Waals surface area (Å²) in [5.74, 6) is 0.484. The largest absolute Gasteiger partial charge is 0.506 e. The summed E-state index contributed by atoms with van der Waals surface area (Å²) in [5, 5.41) is 20.0. The Morgan fingerprint density at radius 1 is 1.24 bits per heavy atom. The summed E-state index contributed by atoms with van der Waals surface area (Å²) in [6, 6.07) is 8.73. The lowest BCUT2D eigenvalue weighted by Gasteiger charge is -2.07. The molecule has 21 heavy (non-hydrogen) atoms. The van der Waals surface area contributed by atoms with E-state index in [1.807, 2.05) is 13.0 Å². The summed E-state index contributed by atoms with van der Waals surface area (Å²) < 4.78 is 5.85. The van der Waals surface area contributed by atoms with E-state index in [0.717, 1.165) is 16.5 Å². The minimum absolute atomic E-state index is 0.00844. The first-order chi connectivity index (χ1) is 10.0. The minimum Gasteiger partial charge on any atom is -0.506 e. The fraction of sp³-hybridized carbons (Fsp3) is 0.188. The lowest BCUT2D eigenvalue weighted by Crippen LogP contribution is -1.89. The molecule has 0 saturated heterocycles. The van der Waals surface area contributed by atoms with Crippen LogP contribution >= 0.6 is 15.9 Å². The molecule has 0 amide bonds. The van der Waals surface area contributed by atoms with E-state index < -0.39 is 0 Å². The molecule has 0 radical (unpaired) electrons. The second-order valence-corrected chi connectivity index (χ2v) is 5.40. The van der Waals surface area contributed by atoms with Gasteiger partial charge in [-0.3, -0.25) is 4.99 Å². The average molecular weight is 350 g/mol. The Morgan fingerprint density at radius 3 is 2.62 bits per heavy atom. The molecule has 0 aliphatic heterocycles. The number of phenols is 2. The molecular weight excluding hydrogens is 334 g/mol. The summed E-state index contributed by atoms with van der Waals surface area (Å²) in [5.41, 5.74) is 1.99. The van der Waals surface area contributed by atoms with E-state index in [0.29, 0.717) is 17.0 Å². The van der Waals surface area contributed by atoms with Gasteiger partial charge >= 0.3 is 0 Å². The highest BCUT2D eigenvalue weighted by molar-refractivity contribution is 9.10. The number of aliphatic imine (C=N–C) groups is 1. The van der Waals surface area contributed by atoms with Gasteiger partial charge in [-0.05, 0) is 36.2 Å². The number of aryl methyl sites for hydroxylation is 1. The van der Waals surface area contributed by atoms with Gasteiger partial charge in [-0.25, -0.2) is 0 Å². The Balaban J connectivity index is 2.35. The van der Waals surface area contributed by atoms with Gasteiger partial charge in [0.05, 0.1) is 7.11 Å². The molecule has 0 fully saturated rings. The number of phenolic OH excluding ortho intramolecular Hbond substituents is 2. The van der Waals surface area contributed by atoms with Crippen molar-refractivity contribution in [2.24, 2.45) is 4.99 Å². The summed E-state index contributed by atoms with van der Waals surface area (Å²) in [4.78, 5) is 4.22. The Bertz CT molecular complexity index is 683. The van der Waals surface area contributed by atoms with Crippen molar-refractivity contribution in [2.45, 2.75) is 13.3 Å². The van der Waals surface area contributed by atoms with Crippen molar-refractivity contribution in [3.8, 4) is 17.2 Å². The van der Waals surface area contributed by atoms with Crippen LogP contribution in [0, 0.1) is 0 Å². The zero-order chi connectivity index (χ0) is 15.4. The van der Waals surface area contributed by atoms with Crippen molar-refractivity contribution < 1.29 is 14.9 Å². The third kappa shape index (κ3) is 3.55. The van der Waals surface area contributed by atoms with Crippen LogP contribution in [-0.4, -0.2) is 23.5 Å². The van der Waals surface area contributed by atoms with Crippen LogP contribution in [0.15, 0.2) is 39.8 Å². The number of hydrogen-bond acceptors (Lipinski definition) is 4. The van der Waals surface area contributed by atoms with Crippen LogP contribution in [0.2, 0.25) is 0 Å². The highest BCUT2D eigenvalue weighted by atomic mass is 79.9. The highest BCUT2D eigenvalue weighted by Crippen LogP contribution is 2.33. The molecule has 0 aromatic heterocycles. The number of nitrogens with zero attached hydrogens (tertiary/aromatic N) is 1. The van der Waals surface area contributed by atoms with Gasteiger partial charge in [-0.2, -0.15) is 0 Å². The lowest BCUT2D eigenvalue weighted by atomic mass is 10.1. The molecule has 0 saturated carbocycles. The van der Waals surface area contributed by atoms with Crippen LogP contribution in [-0.2, 0) is 6.42 Å². The number of rotatable bonds is 4. The third-order valence-corrected chi connectivity index (χ3v) is 3.54. The van der Waals surface area contributed by atoms with E-state index in [4.69, 9.17) is 4.74 Å². The predicted octanol–water partition coefficient (Wildman–Crippen LogP) is 4.18. The number of methoxy groups -OCH3 is 1. The van der Waals surface area contributed by atoms with Crippen LogP contribution < -0.4 is 4.74 Å². The van der Waals surface area contributed by atoms with Crippen molar-refractivity contribution >= 4 is 27.8 Å². The first-order valence-corrected chi connectivity index (χ1v) is 7.27. The predicted molar refractivity (Wildman–Crippen MR) is 87.1 cm³/mol. The van der Waals surface area contributed by atoms with Crippen LogP contribution in [0.25, 0.3) is 0 Å². The molecule has 0 aliphatic carbocycles. The topological polar surface area (TPSA) is 62.0 Å². The van der Waals surface area contributed by atoms with Gasteiger partial charge in [0.1, 0.15) is 11.4 Å². The maximum atomic E-state index is 10.0. The molecule has 0 unspecified atom stereocenters.